The van der Waals surface area contributed by atoms with Gasteiger partial charge >= 0.3 is 0 Å². The highest BCUT2D eigenvalue weighted by Crippen LogP contribution is 2.25. The second-order valence-corrected chi connectivity index (χ2v) is 5.36. The lowest BCUT2D eigenvalue weighted by atomic mass is 10.1. The summed E-state index contributed by atoms with van der Waals surface area (Å²) < 4.78 is 5.24. The van der Waals surface area contributed by atoms with Gasteiger partial charge in [0.1, 0.15) is 12.0 Å². The Morgan fingerprint density at radius 1 is 1.21 bits per heavy atom. The molecule has 1 N–H and O–H groups in total. The van der Waals surface area contributed by atoms with Gasteiger partial charge in [0.15, 0.2) is 5.89 Å². The standard InChI is InChI=1S/C16H20N2O/c1-12-18-16(11-19-12)14-6-8-15(9-7-14)17-10-13-4-2-3-5-13/h6-9,11,13,17H,2-5,10H2,1H3. The van der Waals surface area contributed by atoms with Crippen LogP contribution in [0.1, 0.15) is 31.6 Å². The first-order valence-corrected chi connectivity index (χ1v) is 7.08. The van der Waals surface area contributed by atoms with Gasteiger partial charge in [0, 0.05) is 24.7 Å². The lowest BCUT2D eigenvalue weighted by Gasteiger charge is -2.11. The molecule has 0 atom stereocenters. The Labute approximate surface area is 114 Å². The molecule has 1 aliphatic rings. The zero-order valence-corrected chi connectivity index (χ0v) is 11.4. The van der Waals surface area contributed by atoms with Crippen molar-refractivity contribution in [3.05, 3.63) is 36.4 Å². The van der Waals surface area contributed by atoms with Gasteiger partial charge in [0.25, 0.3) is 0 Å². The second kappa shape index (κ2) is 5.47. The van der Waals surface area contributed by atoms with Crippen LogP contribution in [0.15, 0.2) is 34.9 Å². The fraction of sp³-hybridized carbons (Fsp3) is 0.438. The molecule has 0 spiro atoms. The van der Waals surface area contributed by atoms with Crippen LogP contribution in [0.3, 0.4) is 0 Å². The van der Waals surface area contributed by atoms with E-state index in [1.807, 2.05) is 6.92 Å². The number of benzene rings is 1. The van der Waals surface area contributed by atoms with Crippen molar-refractivity contribution in [2.24, 2.45) is 5.92 Å². The summed E-state index contributed by atoms with van der Waals surface area (Å²) in [4.78, 5) is 4.33. The van der Waals surface area contributed by atoms with E-state index in [0.717, 1.165) is 23.7 Å². The van der Waals surface area contributed by atoms with E-state index in [9.17, 15) is 0 Å². The smallest absolute Gasteiger partial charge is 0.191 e. The van der Waals surface area contributed by atoms with E-state index < -0.39 is 0 Å². The summed E-state index contributed by atoms with van der Waals surface area (Å²) in [5, 5.41) is 3.53. The number of hydrogen-bond acceptors (Lipinski definition) is 3. The van der Waals surface area contributed by atoms with E-state index in [-0.39, 0.29) is 0 Å². The van der Waals surface area contributed by atoms with Gasteiger partial charge < -0.3 is 9.73 Å². The molecule has 2 aromatic rings. The number of nitrogens with one attached hydrogen (secondary N) is 1. The third-order valence-corrected chi connectivity index (χ3v) is 3.87. The lowest BCUT2D eigenvalue weighted by molar-refractivity contribution is 0.521. The highest BCUT2D eigenvalue weighted by atomic mass is 16.3. The van der Waals surface area contributed by atoms with Crippen LogP contribution < -0.4 is 5.32 Å². The number of hydrogen-bond donors (Lipinski definition) is 1. The average Bonchev–Trinajstić information content (AvgIpc) is 3.08. The molecule has 0 bridgehead atoms. The van der Waals surface area contributed by atoms with Gasteiger partial charge in [0.05, 0.1) is 0 Å². The van der Waals surface area contributed by atoms with Crippen molar-refractivity contribution in [2.45, 2.75) is 32.6 Å². The number of oxazole rings is 1. The number of anilines is 1. The van der Waals surface area contributed by atoms with Crippen molar-refractivity contribution in [1.29, 1.82) is 0 Å². The Balaban J connectivity index is 1.62. The molecule has 1 aliphatic carbocycles. The normalized spacial score (nSPS) is 15.8. The summed E-state index contributed by atoms with van der Waals surface area (Å²) in [6.45, 7) is 2.96. The molecule has 0 radical (unpaired) electrons. The topological polar surface area (TPSA) is 38.1 Å². The molecule has 0 unspecified atom stereocenters. The van der Waals surface area contributed by atoms with E-state index in [0.29, 0.717) is 5.89 Å². The molecule has 1 aromatic heterocycles. The van der Waals surface area contributed by atoms with E-state index in [1.165, 1.54) is 31.4 Å². The molecular formula is C16H20N2O. The molecule has 0 amide bonds. The largest absolute Gasteiger partial charge is 0.449 e. The highest BCUT2D eigenvalue weighted by molar-refractivity contribution is 5.61. The van der Waals surface area contributed by atoms with Crippen LogP contribution >= 0.6 is 0 Å². The molecule has 1 aromatic carbocycles. The molecule has 0 saturated heterocycles. The molecule has 3 heteroatoms. The summed E-state index contributed by atoms with van der Waals surface area (Å²) in [6, 6.07) is 8.42. The number of rotatable bonds is 4. The Bertz CT molecular complexity index is 524. The number of aromatic nitrogens is 1. The summed E-state index contributed by atoms with van der Waals surface area (Å²) in [6.07, 6.45) is 7.26. The fourth-order valence-electron chi connectivity index (χ4n) is 2.73. The van der Waals surface area contributed by atoms with Gasteiger partial charge in [-0.3, -0.25) is 0 Å². The van der Waals surface area contributed by atoms with Crippen molar-refractivity contribution in [1.82, 2.24) is 4.98 Å². The molecule has 3 nitrogen and oxygen atoms in total. The van der Waals surface area contributed by atoms with Crippen LogP contribution in [0.4, 0.5) is 5.69 Å². The van der Waals surface area contributed by atoms with Crippen LogP contribution in [0.5, 0.6) is 0 Å². The monoisotopic (exact) mass is 256 g/mol. The third kappa shape index (κ3) is 2.98. The summed E-state index contributed by atoms with van der Waals surface area (Å²) >= 11 is 0. The minimum Gasteiger partial charge on any atom is -0.449 e. The second-order valence-electron chi connectivity index (χ2n) is 5.36. The van der Waals surface area contributed by atoms with Crippen molar-refractivity contribution < 1.29 is 4.42 Å². The summed E-state index contributed by atoms with van der Waals surface area (Å²) in [5.74, 6) is 1.57. The molecule has 3 rings (SSSR count). The van der Waals surface area contributed by atoms with Gasteiger partial charge in [-0.15, -0.1) is 0 Å². The van der Waals surface area contributed by atoms with Gasteiger partial charge in [-0.05, 0) is 30.9 Å². The van der Waals surface area contributed by atoms with Gasteiger partial charge in [-0.1, -0.05) is 25.0 Å². The first-order chi connectivity index (χ1) is 9.31. The zero-order chi connectivity index (χ0) is 13.1. The minimum atomic E-state index is 0.707. The minimum absolute atomic E-state index is 0.707. The number of nitrogens with zero attached hydrogens (tertiary/aromatic N) is 1. The van der Waals surface area contributed by atoms with Crippen LogP contribution in [0.25, 0.3) is 11.3 Å². The molecule has 19 heavy (non-hydrogen) atoms. The maximum Gasteiger partial charge on any atom is 0.191 e. The first kappa shape index (κ1) is 12.3. The van der Waals surface area contributed by atoms with Crippen molar-refractivity contribution in [3.63, 3.8) is 0 Å². The molecule has 1 heterocycles. The molecule has 0 aliphatic heterocycles. The van der Waals surface area contributed by atoms with Gasteiger partial charge in [-0.25, -0.2) is 4.98 Å². The summed E-state index contributed by atoms with van der Waals surface area (Å²) in [7, 11) is 0. The van der Waals surface area contributed by atoms with E-state index >= 15 is 0 Å². The maximum absolute atomic E-state index is 5.24. The predicted octanol–water partition coefficient (Wildman–Crippen LogP) is 4.25. The van der Waals surface area contributed by atoms with E-state index in [4.69, 9.17) is 4.42 Å². The molecule has 100 valence electrons. The molecular weight excluding hydrogens is 236 g/mol. The fourth-order valence-corrected chi connectivity index (χ4v) is 2.73. The lowest BCUT2D eigenvalue weighted by Crippen LogP contribution is -2.10. The SMILES string of the molecule is Cc1nc(-c2ccc(NCC3CCCC3)cc2)co1. The maximum atomic E-state index is 5.24. The van der Waals surface area contributed by atoms with Gasteiger partial charge in [-0.2, -0.15) is 0 Å². The van der Waals surface area contributed by atoms with Crippen molar-refractivity contribution in [2.75, 3.05) is 11.9 Å². The van der Waals surface area contributed by atoms with E-state index in [1.54, 1.807) is 6.26 Å². The summed E-state index contributed by atoms with van der Waals surface area (Å²) in [5.41, 5.74) is 3.19. The van der Waals surface area contributed by atoms with Crippen LogP contribution in [-0.2, 0) is 0 Å². The van der Waals surface area contributed by atoms with Crippen molar-refractivity contribution in [3.8, 4) is 11.3 Å². The quantitative estimate of drug-likeness (QED) is 0.888. The zero-order valence-electron chi connectivity index (χ0n) is 11.4. The Kier molecular flexibility index (Phi) is 3.53. The van der Waals surface area contributed by atoms with Crippen LogP contribution in [0, 0.1) is 12.8 Å². The Hall–Kier alpha value is -1.77. The first-order valence-electron chi connectivity index (χ1n) is 7.08. The Morgan fingerprint density at radius 2 is 1.95 bits per heavy atom. The third-order valence-electron chi connectivity index (χ3n) is 3.87. The van der Waals surface area contributed by atoms with Crippen molar-refractivity contribution >= 4 is 5.69 Å². The molecule has 1 fully saturated rings. The predicted molar refractivity (Wildman–Crippen MR) is 77.1 cm³/mol. The average molecular weight is 256 g/mol. The number of aryl methyl sites for hydroxylation is 1. The van der Waals surface area contributed by atoms with Crippen LogP contribution in [0.2, 0.25) is 0 Å². The molecule has 1 saturated carbocycles. The Morgan fingerprint density at radius 3 is 2.58 bits per heavy atom. The van der Waals surface area contributed by atoms with Crippen LogP contribution in [-0.4, -0.2) is 11.5 Å². The highest BCUT2D eigenvalue weighted by Gasteiger charge is 2.14. The van der Waals surface area contributed by atoms with E-state index in [2.05, 4.69) is 34.6 Å². The van der Waals surface area contributed by atoms with Gasteiger partial charge in [0.2, 0.25) is 0 Å².